The third kappa shape index (κ3) is 0.816. The van der Waals surface area contributed by atoms with Crippen molar-refractivity contribution in [3.05, 3.63) is 0 Å². The highest BCUT2D eigenvalue weighted by molar-refractivity contribution is 5.17. The summed E-state index contributed by atoms with van der Waals surface area (Å²) in [5.41, 5.74) is -1.49. The summed E-state index contributed by atoms with van der Waals surface area (Å²) in [5, 5.41) is 18.5. The molecule has 0 spiro atoms. The first-order valence-electron chi connectivity index (χ1n) is 3.11. The minimum Gasteiger partial charge on any atom is -0.387 e. The molecule has 1 rings (SSSR count). The quantitative estimate of drug-likeness (QED) is 0.432. The lowest BCUT2D eigenvalue weighted by Gasteiger charge is -2.21. The number of ether oxygens (including phenoxy) is 1. The summed E-state index contributed by atoms with van der Waals surface area (Å²) in [4.78, 5) is 0. The Hall–Kier alpha value is -0.560. The van der Waals surface area contributed by atoms with E-state index in [1.54, 1.807) is 6.92 Å². The van der Waals surface area contributed by atoms with Crippen molar-refractivity contribution < 1.29 is 14.9 Å². The molecule has 3 heteroatoms. The molecule has 3 atom stereocenters. The van der Waals surface area contributed by atoms with Crippen LogP contribution in [-0.4, -0.2) is 34.6 Å². The summed E-state index contributed by atoms with van der Waals surface area (Å²) in [6.07, 6.45) is 3.58. The Morgan fingerprint density at radius 3 is 2.60 bits per heavy atom. The van der Waals surface area contributed by atoms with Crippen LogP contribution in [0.25, 0.3) is 0 Å². The predicted octanol–water partition coefficient (Wildman–Crippen LogP) is -0.870. The minimum atomic E-state index is -1.49. The van der Waals surface area contributed by atoms with Crippen molar-refractivity contribution in [1.29, 1.82) is 0 Å². The van der Waals surface area contributed by atoms with Gasteiger partial charge in [-0.3, -0.25) is 0 Å². The van der Waals surface area contributed by atoms with Crippen molar-refractivity contribution in [3.63, 3.8) is 0 Å². The van der Waals surface area contributed by atoms with Crippen molar-refractivity contribution >= 4 is 0 Å². The van der Waals surface area contributed by atoms with Gasteiger partial charge in [0.2, 0.25) is 0 Å². The summed E-state index contributed by atoms with van der Waals surface area (Å²) in [6, 6.07) is 0. The van der Waals surface area contributed by atoms with Crippen molar-refractivity contribution in [2.75, 3.05) is 6.61 Å². The molecule has 2 N–H and O–H groups in total. The molecule has 0 aliphatic carbocycles. The lowest BCUT2D eigenvalue weighted by molar-refractivity contribution is -0.0248. The molecule has 3 nitrogen and oxygen atoms in total. The van der Waals surface area contributed by atoms with Gasteiger partial charge >= 0.3 is 0 Å². The molecule has 56 valence electrons. The molecule has 0 aromatic heterocycles. The largest absolute Gasteiger partial charge is 0.387 e. The molecule has 3 unspecified atom stereocenters. The third-order valence-electron chi connectivity index (χ3n) is 1.86. The van der Waals surface area contributed by atoms with Crippen molar-refractivity contribution in [1.82, 2.24) is 0 Å². The smallest absolute Gasteiger partial charge is 0.179 e. The van der Waals surface area contributed by atoms with Gasteiger partial charge in [-0.15, -0.1) is 6.42 Å². The van der Waals surface area contributed by atoms with E-state index >= 15 is 0 Å². The zero-order valence-corrected chi connectivity index (χ0v) is 5.74. The molecule has 0 radical (unpaired) electrons. The van der Waals surface area contributed by atoms with E-state index in [4.69, 9.17) is 16.3 Å². The standard InChI is InChI=1S/C7H10O3/c1-3-7(9)5(2)10-4-6(7)8/h1,5-6,8-9H,4H2,2H3. The summed E-state index contributed by atoms with van der Waals surface area (Å²) in [5.74, 6) is 2.12. The molecule has 1 aliphatic rings. The van der Waals surface area contributed by atoms with Gasteiger partial charge in [0.1, 0.15) is 6.10 Å². The topological polar surface area (TPSA) is 49.7 Å². The number of hydrogen-bond acceptors (Lipinski definition) is 3. The maximum Gasteiger partial charge on any atom is 0.179 e. The Morgan fingerprint density at radius 1 is 1.80 bits per heavy atom. The van der Waals surface area contributed by atoms with Crippen molar-refractivity contribution in [2.45, 2.75) is 24.7 Å². The molecule has 0 bridgehead atoms. The van der Waals surface area contributed by atoms with Gasteiger partial charge in [-0.2, -0.15) is 0 Å². The normalized spacial score (nSPS) is 47.0. The zero-order valence-electron chi connectivity index (χ0n) is 5.74. The Labute approximate surface area is 59.6 Å². The van der Waals surface area contributed by atoms with Crippen LogP contribution in [0.4, 0.5) is 0 Å². The van der Waals surface area contributed by atoms with Gasteiger partial charge in [0.15, 0.2) is 5.60 Å². The van der Waals surface area contributed by atoms with Gasteiger partial charge in [0, 0.05) is 0 Å². The van der Waals surface area contributed by atoms with E-state index < -0.39 is 17.8 Å². The van der Waals surface area contributed by atoms with E-state index in [2.05, 4.69) is 5.92 Å². The van der Waals surface area contributed by atoms with E-state index in [9.17, 15) is 5.11 Å². The summed E-state index contributed by atoms with van der Waals surface area (Å²) in [7, 11) is 0. The predicted molar refractivity (Wildman–Crippen MR) is 35.2 cm³/mol. The Kier molecular flexibility index (Phi) is 1.69. The van der Waals surface area contributed by atoms with E-state index in [1.807, 2.05) is 0 Å². The van der Waals surface area contributed by atoms with Crippen LogP contribution in [0.15, 0.2) is 0 Å². The van der Waals surface area contributed by atoms with Crippen LogP contribution in [0, 0.1) is 12.3 Å². The van der Waals surface area contributed by atoms with Crippen LogP contribution in [0.2, 0.25) is 0 Å². The fourth-order valence-electron chi connectivity index (χ4n) is 0.974. The highest BCUT2D eigenvalue weighted by atomic mass is 16.5. The van der Waals surface area contributed by atoms with E-state index in [0.717, 1.165) is 0 Å². The number of rotatable bonds is 0. The van der Waals surface area contributed by atoms with Gasteiger partial charge in [-0.1, -0.05) is 5.92 Å². The maximum absolute atomic E-state index is 9.43. The lowest BCUT2D eigenvalue weighted by Crippen LogP contribution is -2.44. The van der Waals surface area contributed by atoms with Crippen LogP contribution >= 0.6 is 0 Å². The summed E-state index contributed by atoms with van der Waals surface area (Å²) in [6.45, 7) is 1.75. The summed E-state index contributed by atoms with van der Waals surface area (Å²) >= 11 is 0. The zero-order chi connectivity index (χ0) is 7.78. The highest BCUT2D eigenvalue weighted by Crippen LogP contribution is 2.24. The lowest BCUT2D eigenvalue weighted by atomic mass is 9.95. The SMILES string of the molecule is C#CC1(O)C(O)COC1C. The molecule has 1 saturated heterocycles. The Balaban J connectivity index is 2.82. The summed E-state index contributed by atoms with van der Waals surface area (Å²) < 4.78 is 4.93. The molecule has 10 heavy (non-hydrogen) atoms. The first-order valence-corrected chi connectivity index (χ1v) is 3.11. The first kappa shape index (κ1) is 7.55. The van der Waals surface area contributed by atoms with Crippen LogP contribution in [0.1, 0.15) is 6.92 Å². The fraction of sp³-hybridized carbons (Fsp3) is 0.714. The Morgan fingerprint density at radius 2 is 2.40 bits per heavy atom. The van der Waals surface area contributed by atoms with Gasteiger partial charge < -0.3 is 14.9 Å². The third-order valence-corrected chi connectivity index (χ3v) is 1.86. The second-order valence-corrected chi connectivity index (χ2v) is 2.46. The van der Waals surface area contributed by atoms with Gasteiger partial charge in [0.05, 0.1) is 12.7 Å². The second-order valence-electron chi connectivity index (χ2n) is 2.46. The fourth-order valence-corrected chi connectivity index (χ4v) is 0.974. The molecule has 0 aromatic carbocycles. The van der Waals surface area contributed by atoms with E-state index in [1.165, 1.54) is 0 Å². The van der Waals surface area contributed by atoms with E-state index in [-0.39, 0.29) is 6.61 Å². The molecule has 1 aliphatic heterocycles. The second kappa shape index (κ2) is 2.24. The average Bonchev–Trinajstić information content (AvgIpc) is 2.18. The number of terminal acetylenes is 1. The molecule has 1 heterocycles. The van der Waals surface area contributed by atoms with Crippen LogP contribution in [0.5, 0.6) is 0 Å². The highest BCUT2D eigenvalue weighted by Gasteiger charge is 2.46. The minimum absolute atomic E-state index is 0.113. The van der Waals surface area contributed by atoms with Crippen molar-refractivity contribution in [3.8, 4) is 12.3 Å². The maximum atomic E-state index is 9.43. The number of aliphatic hydroxyl groups excluding tert-OH is 1. The van der Waals surface area contributed by atoms with Crippen LogP contribution < -0.4 is 0 Å². The van der Waals surface area contributed by atoms with Crippen LogP contribution in [0.3, 0.4) is 0 Å². The van der Waals surface area contributed by atoms with Crippen molar-refractivity contribution in [2.24, 2.45) is 0 Å². The molecular weight excluding hydrogens is 132 g/mol. The molecule has 0 amide bonds. The van der Waals surface area contributed by atoms with Gasteiger partial charge in [-0.25, -0.2) is 0 Å². The average molecular weight is 142 g/mol. The first-order chi connectivity index (χ1) is 4.61. The number of aliphatic hydroxyl groups is 2. The van der Waals surface area contributed by atoms with E-state index in [0.29, 0.717) is 0 Å². The molecular formula is C7H10O3. The van der Waals surface area contributed by atoms with Gasteiger partial charge in [-0.05, 0) is 6.92 Å². The number of hydrogen-bond donors (Lipinski definition) is 2. The molecule has 0 aromatic rings. The molecule has 0 saturated carbocycles. The monoisotopic (exact) mass is 142 g/mol. The van der Waals surface area contributed by atoms with Gasteiger partial charge in [0.25, 0.3) is 0 Å². The molecule has 1 fully saturated rings. The Bertz CT molecular complexity index is 160. The van der Waals surface area contributed by atoms with Crippen LogP contribution in [-0.2, 0) is 4.74 Å².